The molecule has 0 bridgehead atoms. The van der Waals surface area contributed by atoms with Crippen LogP contribution in [0.1, 0.15) is 50.6 Å². The van der Waals surface area contributed by atoms with Gasteiger partial charge >= 0.3 is 11.9 Å². The zero-order chi connectivity index (χ0) is 41.5. The molecule has 0 unspecified atom stereocenters. The maximum absolute atomic E-state index is 13.4. The molecule has 7 atom stereocenters. The van der Waals surface area contributed by atoms with Crippen LogP contribution in [0.25, 0.3) is 0 Å². The van der Waals surface area contributed by atoms with Crippen LogP contribution >= 0.6 is 25.3 Å². The third kappa shape index (κ3) is 18.1. The number of aromatic amines is 1. The van der Waals surface area contributed by atoms with E-state index in [1.54, 1.807) is 0 Å². The van der Waals surface area contributed by atoms with Gasteiger partial charge in [-0.2, -0.15) is 25.3 Å². The number of nitrogens with one attached hydrogen (secondary N) is 7. The maximum atomic E-state index is 13.4. The van der Waals surface area contributed by atoms with Gasteiger partial charge in [0.05, 0.1) is 25.4 Å². The number of thiol groups is 2. The minimum absolute atomic E-state index is 0.0404. The first-order valence-electron chi connectivity index (χ1n) is 17.3. The molecule has 0 saturated carbocycles. The molecule has 0 aliphatic heterocycles. The molecule has 0 fully saturated rings. The predicted octanol–water partition coefficient (Wildman–Crippen LogP) is -5.14. The average molecular weight is 820 g/mol. The number of aliphatic carboxylic acids is 2. The van der Waals surface area contributed by atoms with Crippen LogP contribution < -0.4 is 49.1 Å². The zero-order valence-corrected chi connectivity index (χ0v) is 31.9. The summed E-state index contributed by atoms with van der Waals surface area (Å²) in [6.07, 6.45) is 3.69. The van der Waals surface area contributed by atoms with Gasteiger partial charge in [0.25, 0.3) is 0 Å². The predicted molar refractivity (Wildman–Crippen MR) is 202 cm³/mol. The number of H-pyrrole nitrogens is 1. The molecular formula is C31H53N11O11S2. The summed E-state index contributed by atoms with van der Waals surface area (Å²) in [5, 5.41) is 42.7. The normalized spacial score (nSPS) is 14.8. The minimum Gasteiger partial charge on any atom is -0.481 e. The highest BCUT2D eigenvalue weighted by Gasteiger charge is 2.34. The molecule has 24 heteroatoms. The Balaban J connectivity index is 3.07. The number of carbonyl (C=O) groups excluding carboxylic acids is 6. The van der Waals surface area contributed by atoms with E-state index in [4.69, 9.17) is 17.2 Å². The summed E-state index contributed by atoms with van der Waals surface area (Å²) in [6, 6.07) is -9.98. The third-order valence-corrected chi connectivity index (χ3v) is 8.67. The molecule has 0 aromatic carbocycles. The number of aliphatic hydroxyl groups is 1. The van der Waals surface area contributed by atoms with E-state index in [1.165, 1.54) is 12.5 Å². The van der Waals surface area contributed by atoms with E-state index >= 15 is 0 Å². The number of imidazole rings is 1. The van der Waals surface area contributed by atoms with Crippen LogP contribution in [0, 0.1) is 0 Å². The van der Waals surface area contributed by atoms with Gasteiger partial charge in [-0.15, -0.1) is 0 Å². The largest absolute Gasteiger partial charge is 0.481 e. The standard InChI is InChI=1S/C31H53N11O11S2/c32-7-3-1-5-17(34)25(46)40-21(12-43)28(49)42-22(13-54)29(50)38-19(10-24(44)45)27(48)37-18(6-2-4-8-33)26(47)41-23(14-55)30(51)39-20(31(52)53)9-16-11-35-15-36-16/h11,15,17-23,43,54-55H,1-10,12-14,32-34H2,(H,35,36)(H,37,48)(H,38,50)(H,39,51)(H,40,46)(H,41,47)(H,42,49)(H,44,45)(H,52,53)/t17-,18-,19-,20-,21-,22-,23-/m0/s1. The molecule has 0 saturated heterocycles. The van der Waals surface area contributed by atoms with Crippen molar-refractivity contribution >= 4 is 72.6 Å². The molecule has 310 valence electrons. The van der Waals surface area contributed by atoms with Gasteiger partial charge in [0.2, 0.25) is 35.4 Å². The molecule has 0 aliphatic carbocycles. The van der Waals surface area contributed by atoms with Crippen LogP contribution in [0.5, 0.6) is 0 Å². The Labute approximate surface area is 327 Å². The number of aliphatic hydroxyl groups excluding tert-OH is 1. The molecule has 1 aromatic heterocycles. The van der Waals surface area contributed by atoms with E-state index in [-0.39, 0.29) is 37.3 Å². The maximum Gasteiger partial charge on any atom is 0.326 e. The van der Waals surface area contributed by atoms with Crippen LogP contribution in [0.2, 0.25) is 0 Å². The minimum atomic E-state index is -1.79. The molecule has 1 heterocycles. The molecule has 22 nitrogen and oxygen atoms in total. The number of aromatic nitrogens is 2. The number of amides is 6. The molecule has 55 heavy (non-hydrogen) atoms. The van der Waals surface area contributed by atoms with Gasteiger partial charge in [-0.25, -0.2) is 9.78 Å². The van der Waals surface area contributed by atoms with Crippen molar-refractivity contribution < 1.29 is 53.7 Å². The van der Waals surface area contributed by atoms with Gasteiger partial charge in [-0.1, -0.05) is 6.42 Å². The quantitative estimate of drug-likeness (QED) is 0.0278. The van der Waals surface area contributed by atoms with Crippen molar-refractivity contribution in [2.75, 3.05) is 31.2 Å². The Morgan fingerprint density at radius 1 is 0.655 bits per heavy atom. The van der Waals surface area contributed by atoms with Crippen molar-refractivity contribution in [3.63, 3.8) is 0 Å². The SMILES string of the molecule is NCCCC[C@H](NC(=O)[C@H](CC(=O)O)NC(=O)[C@H](CS)NC(=O)[C@H](CO)NC(=O)[C@@H](N)CCCCN)C(=O)N[C@@H](CS)C(=O)N[C@@H](Cc1cnc[nH]1)C(=O)O. The second-order valence-corrected chi connectivity index (χ2v) is 13.0. The Bertz CT molecular complexity index is 1420. The lowest BCUT2D eigenvalue weighted by Gasteiger charge is -2.26. The number of nitrogens with zero attached hydrogens (tertiary/aromatic N) is 1. The highest BCUT2D eigenvalue weighted by molar-refractivity contribution is 7.80. The molecule has 6 amide bonds. The first-order valence-corrected chi connectivity index (χ1v) is 18.6. The number of unbranched alkanes of at least 4 members (excludes halogenated alkanes) is 2. The summed E-state index contributed by atoms with van der Waals surface area (Å²) in [5.41, 5.74) is 17.3. The third-order valence-electron chi connectivity index (χ3n) is 7.94. The van der Waals surface area contributed by atoms with Crippen LogP contribution in [0.15, 0.2) is 12.5 Å². The summed E-state index contributed by atoms with van der Waals surface area (Å²) in [4.78, 5) is 108. The highest BCUT2D eigenvalue weighted by Crippen LogP contribution is 2.07. The van der Waals surface area contributed by atoms with Crippen LogP contribution in [0.4, 0.5) is 0 Å². The second-order valence-electron chi connectivity index (χ2n) is 12.3. The first-order chi connectivity index (χ1) is 26.1. The van der Waals surface area contributed by atoms with Crippen molar-refractivity contribution in [3.05, 3.63) is 18.2 Å². The topological polar surface area (TPSA) is 376 Å². The Morgan fingerprint density at radius 2 is 1.11 bits per heavy atom. The molecule has 16 N–H and O–H groups in total. The summed E-state index contributed by atoms with van der Waals surface area (Å²) in [7, 11) is 0. The van der Waals surface area contributed by atoms with Crippen LogP contribution in [-0.2, 0) is 44.8 Å². The summed E-state index contributed by atoms with van der Waals surface area (Å²) in [5.74, 6) is -9.26. The molecule has 0 radical (unpaired) electrons. The molecular weight excluding hydrogens is 767 g/mol. The number of rotatable bonds is 28. The van der Waals surface area contributed by atoms with Crippen LogP contribution in [-0.4, -0.2) is 146 Å². The Hall–Kier alpha value is -4.49. The number of hydrogen-bond acceptors (Lipinski definition) is 15. The number of nitrogens with two attached hydrogens (primary N) is 3. The number of carboxylic acids is 2. The van der Waals surface area contributed by atoms with Gasteiger partial charge in [0, 0.05) is 29.8 Å². The summed E-state index contributed by atoms with van der Waals surface area (Å²) in [6.45, 7) is -0.243. The van der Waals surface area contributed by atoms with E-state index in [0.717, 1.165) is 0 Å². The van der Waals surface area contributed by atoms with Gasteiger partial charge in [-0.3, -0.25) is 33.6 Å². The molecule has 0 aliphatic rings. The highest BCUT2D eigenvalue weighted by atomic mass is 32.1. The van der Waals surface area contributed by atoms with Gasteiger partial charge in [0.15, 0.2) is 0 Å². The Morgan fingerprint density at radius 3 is 1.58 bits per heavy atom. The second kappa shape index (κ2) is 26.3. The smallest absolute Gasteiger partial charge is 0.326 e. The molecule has 1 rings (SSSR count). The van der Waals surface area contributed by atoms with Gasteiger partial charge in [0.1, 0.15) is 36.3 Å². The van der Waals surface area contributed by atoms with Crippen molar-refractivity contribution in [1.29, 1.82) is 0 Å². The van der Waals surface area contributed by atoms with E-state index < -0.39 is 103 Å². The van der Waals surface area contributed by atoms with Crippen molar-refractivity contribution in [2.45, 2.75) is 93.7 Å². The molecule has 0 spiro atoms. The zero-order valence-electron chi connectivity index (χ0n) is 30.1. The van der Waals surface area contributed by atoms with E-state index in [2.05, 4.69) is 67.1 Å². The lowest BCUT2D eigenvalue weighted by atomic mass is 10.1. The monoisotopic (exact) mass is 819 g/mol. The summed E-state index contributed by atoms with van der Waals surface area (Å²) < 4.78 is 0. The number of hydrogen-bond donors (Lipinski definition) is 15. The van der Waals surface area contributed by atoms with Crippen molar-refractivity contribution in [2.24, 2.45) is 17.2 Å². The lowest BCUT2D eigenvalue weighted by Crippen LogP contribution is -2.61. The van der Waals surface area contributed by atoms with E-state index in [0.29, 0.717) is 37.9 Å². The lowest BCUT2D eigenvalue weighted by molar-refractivity contribution is -0.142. The van der Waals surface area contributed by atoms with E-state index in [9.17, 15) is 53.7 Å². The fourth-order valence-corrected chi connectivity index (χ4v) is 5.34. The van der Waals surface area contributed by atoms with Crippen molar-refractivity contribution in [3.8, 4) is 0 Å². The van der Waals surface area contributed by atoms with Gasteiger partial charge < -0.3 is 69.4 Å². The fourth-order valence-electron chi connectivity index (χ4n) is 4.82. The first kappa shape index (κ1) is 48.5. The number of carbonyl (C=O) groups is 8. The molecule has 1 aromatic rings. The van der Waals surface area contributed by atoms with Crippen molar-refractivity contribution in [1.82, 2.24) is 41.9 Å². The van der Waals surface area contributed by atoms with Gasteiger partial charge in [-0.05, 0) is 45.2 Å². The van der Waals surface area contributed by atoms with E-state index in [1.807, 2.05) is 0 Å². The average Bonchev–Trinajstić information content (AvgIpc) is 3.66. The summed E-state index contributed by atoms with van der Waals surface area (Å²) >= 11 is 8.15. The van der Waals surface area contributed by atoms with Crippen LogP contribution in [0.3, 0.4) is 0 Å². The number of carboxylic acid groups (broad SMARTS) is 2. The fraction of sp³-hybridized carbons (Fsp3) is 0.645. The Kier molecular flexibility index (Phi) is 23.2.